The van der Waals surface area contributed by atoms with E-state index in [4.69, 9.17) is 9.84 Å². The molecule has 0 spiro atoms. The van der Waals surface area contributed by atoms with Gasteiger partial charge in [-0.3, -0.25) is 0 Å². The van der Waals surface area contributed by atoms with E-state index < -0.39 is 5.97 Å². The Bertz CT molecular complexity index is 390. The highest BCUT2D eigenvalue weighted by Crippen LogP contribution is 2.27. The van der Waals surface area contributed by atoms with Crippen LogP contribution >= 0.6 is 11.8 Å². The molecule has 1 atom stereocenters. The van der Waals surface area contributed by atoms with Crippen LogP contribution in [-0.4, -0.2) is 30.0 Å². The SMILES string of the molecule is COCCC(C)Sc1ccc(C)c(C(=O)O)c1. The molecule has 0 aliphatic rings. The van der Waals surface area contributed by atoms with E-state index in [1.54, 1.807) is 24.9 Å². The molecule has 0 heterocycles. The van der Waals surface area contributed by atoms with Crippen molar-refractivity contribution in [3.05, 3.63) is 29.3 Å². The van der Waals surface area contributed by atoms with Crippen molar-refractivity contribution in [2.75, 3.05) is 13.7 Å². The van der Waals surface area contributed by atoms with Gasteiger partial charge in [0.15, 0.2) is 0 Å². The van der Waals surface area contributed by atoms with E-state index in [-0.39, 0.29) is 0 Å². The van der Waals surface area contributed by atoms with Gasteiger partial charge in [-0.2, -0.15) is 0 Å². The number of carbonyl (C=O) groups is 1. The fourth-order valence-corrected chi connectivity index (χ4v) is 2.49. The molecule has 0 radical (unpaired) electrons. The Morgan fingerprint density at radius 2 is 2.24 bits per heavy atom. The maximum absolute atomic E-state index is 11.0. The summed E-state index contributed by atoms with van der Waals surface area (Å²) >= 11 is 1.68. The van der Waals surface area contributed by atoms with E-state index in [0.717, 1.165) is 23.5 Å². The minimum absolute atomic E-state index is 0.383. The van der Waals surface area contributed by atoms with Crippen molar-refractivity contribution >= 4 is 17.7 Å². The summed E-state index contributed by atoms with van der Waals surface area (Å²) in [5.74, 6) is -0.866. The molecule has 0 aliphatic heterocycles. The number of rotatable bonds is 6. The maximum Gasteiger partial charge on any atom is 0.335 e. The van der Waals surface area contributed by atoms with Gasteiger partial charge in [0.25, 0.3) is 0 Å². The number of hydrogen-bond donors (Lipinski definition) is 1. The largest absolute Gasteiger partial charge is 0.478 e. The molecule has 17 heavy (non-hydrogen) atoms. The third kappa shape index (κ3) is 4.40. The highest BCUT2D eigenvalue weighted by atomic mass is 32.2. The zero-order chi connectivity index (χ0) is 12.8. The number of hydrogen-bond acceptors (Lipinski definition) is 3. The second-order valence-corrected chi connectivity index (χ2v) is 5.50. The lowest BCUT2D eigenvalue weighted by Crippen LogP contribution is -2.03. The van der Waals surface area contributed by atoms with Gasteiger partial charge in [-0.1, -0.05) is 13.0 Å². The lowest BCUT2D eigenvalue weighted by atomic mass is 10.1. The van der Waals surface area contributed by atoms with Crippen molar-refractivity contribution < 1.29 is 14.6 Å². The van der Waals surface area contributed by atoms with Crippen LogP contribution in [0.1, 0.15) is 29.3 Å². The number of methoxy groups -OCH3 is 1. The summed E-state index contributed by atoms with van der Waals surface area (Å²) in [5, 5.41) is 9.45. The third-order valence-electron chi connectivity index (χ3n) is 2.51. The van der Waals surface area contributed by atoms with Crippen LogP contribution in [0.25, 0.3) is 0 Å². The average Bonchev–Trinajstić information content (AvgIpc) is 2.28. The predicted molar refractivity (Wildman–Crippen MR) is 70.0 cm³/mol. The van der Waals surface area contributed by atoms with Crippen LogP contribution in [0.15, 0.2) is 23.1 Å². The Morgan fingerprint density at radius 1 is 1.53 bits per heavy atom. The van der Waals surface area contributed by atoms with Crippen LogP contribution in [0.5, 0.6) is 0 Å². The van der Waals surface area contributed by atoms with E-state index in [1.165, 1.54) is 0 Å². The zero-order valence-electron chi connectivity index (χ0n) is 10.4. The molecule has 1 rings (SSSR count). The van der Waals surface area contributed by atoms with E-state index in [9.17, 15) is 4.79 Å². The minimum Gasteiger partial charge on any atom is -0.478 e. The predicted octanol–water partition coefficient (Wildman–Crippen LogP) is 3.21. The molecule has 0 amide bonds. The summed E-state index contributed by atoms with van der Waals surface area (Å²) in [6, 6.07) is 5.57. The molecule has 4 heteroatoms. The Hall–Kier alpha value is -1.00. The number of thioether (sulfide) groups is 1. The molecule has 0 saturated heterocycles. The Balaban J connectivity index is 2.72. The molecular formula is C13H18O3S. The lowest BCUT2D eigenvalue weighted by Gasteiger charge is -2.11. The quantitative estimate of drug-likeness (QED) is 0.792. The van der Waals surface area contributed by atoms with Crippen molar-refractivity contribution in [2.24, 2.45) is 0 Å². The third-order valence-corrected chi connectivity index (χ3v) is 3.67. The number of aromatic carboxylic acids is 1. The topological polar surface area (TPSA) is 46.5 Å². The molecule has 0 aliphatic carbocycles. The second-order valence-electron chi connectivity index (χ2n) is 3.99. The molecule has 1 aromatic carbocycles. The van der Waals surface area contributed by atoms with Gasteiger partial charge in [0.1, 0.15) is 0 Å². The first-order valence-electron chi connectivity index (χ1n) is 5.54. The summed E-state index contributed by atoms with van der Waals surface area (Å²) in [7, 11) is 1.69. The van der Waals surface area contributed by atoms with Crippen molar-refractivity contribution in [3.8, 4) is 0 Å². The highest BCUT2D eigenvalue weighted by Gasteiger charge is 2.10. The van der Waals surface area contributed by atoms with Crippen molar-refractivity contribution in [1.82, 2.24) is 0 Å². The Kier molecular flexibility index (Phi) is 5.51. The van der Waals surface area contributed by atoms with Crippen LogP contribution in [0.4, 0.5) is 0 Å². The average molecular weight is 254 g/mol. The normalized spacial score (nSPS) is 12.4. The van der Waals surface area contributed by atoms with Crippen LogP contribution < -0.4 is 0 Å². The summed E-state index contributed by atoms with van der Waals surface area (Å²) in [5.41, 5.74) is 1.18. The molecule has 0 bridgehead atoms. The molecule has 1 aromatic rings. The van der Waals surface area contributed by atoms with Crippen LogP contribution in [0.3, 0.4) is 0 Å². The Labute approximate surface area is 106 Å². The molecule has 0 fully saturated rings. The van der Waals surface area contributed by atoms with Crippen LogP contribution in [-0.2, 0) is 4.74 Å². The number of ether oxygens (including phenoxy) is 1. The molecular weight excluding hydrogens is 236 g/mol. The molecule has 3 nitrogen and oxygen atoms in total. The fourth-order valence-electron chi connectivity index (χ4n) is 1.48. The van der Waals surface area contributed by atoms with E-state index in [0.29, 0.717) is 10.8 Å². The van der Waals surface area contributed by atoms with E-state index >= 15 is 0 Å². The van der Waals surface area contributed by atoms with Crippen molar-refractivity contribution in [2.45, 2.75) is 30.4 Å². The standard InChI is InChI=1S/C13H18O3S/c1-9-4-5-11(8-12(9)13(14)15)17-10(2)6-7-16-3/h4-5,8,10H,6-7H2,1-3H3,(H,14,15). The molecule has 0 saturated carbocycles. The molecule has 1 unspecified atom stereocenters. The summed E-state index contributed by atoms with van der Waals surface area (Å²) in [6.07, 6.45) is 0.956. The van der Waals surface area contributed by atoms with Crippen LogP contribution in [0.2, 0.25) is 0 Å². The highest BCUT2D eigenvalue weighted by molar-refractivity contribution is 7.99. The summed E-state index contributed by atoms with van der Waals surface area (Å²) in [4.78, 5) is 12.0. The van der Waals surface area contributed by atoms with E-state index in [2.05, 4.69) is 6.92 Å². The van der Waals surface area contributed by atoms with Crippen molar-refractivity contribution in [3.63, 3.8) is 0 Å². The lowest BCUT2D eigenvalue weighted by molar-refractivity contribution is 0.0696. The van der Waals surface area contributed by atoms with Gasteiger partial charge in [-0.05, 0) is 31.0 Å². The monoisotopic (exact) mass is 254 g/mol. The molecule has 0 aromatic heterocycles. The smallest absolute Gasteiger partial charge is 0.335 e. The number of carboxylic acids is 1. The Morgan fingerprint density at radius 3 is 2.82 bits per heavy atom. The molecule has 94 valence electrons. The fraction of sp³-hybridized carbons (Fsp3) is 0.462. The zero-order valence-corrected chi connectivity index (χ0v) is 11.2. The molecule has 1 N–H and O–H groups in total. The minimum atomic E-state index is -0.866. The van der Waals surface area contributed by atoms with Gasteiger partial charge < -0.3 is 9.84 Å². The number of aryl methyl sites for hydroxylation is 1. The van der Waals surface area contributed by atoms with Gasteiger partial charge in [-0.15, -0.1) is 11.8 Å². The van der Waals surface area contributed by atoms with E-state index in [1.807, 2.05) is 19.1 Å². The number of carboxylic acid groups (broad SMARTS) is 1. The van der Waals surface area contributed by atoms with Crippen molar-refractivity contribution in [1.29, 1.82) is 0 Å². The first-order chi connectivity index (χ1) is 8.04. The first kappa shape index (κ1) is 14.1. The summed E-state index contributed by atoms with van der Waals surface area (Å²) < 4.78 is 5.02. The summed E-state index contributed by atoms with van der Waals surface area (Å²) in [6.45, 7) is 4.65. The van der Waals surface area contributed by atoms with Crippen LogP contribution in [0, 0.1) is 6.92 Å². The van der Waals surface area contributed by atoms with Gasteiger partial charge in [0, 0.05) is 23.9 Å². The first-order valence-corrected chi connectivity index (χ1v) is 6.42. The maximum atomic E-state index is 11.0. The second kappa shape index (κ2) is 6.67. The van der Waals surface area contributed by atoms with Gasteiger partial charge >= 0.3 is 5.97 Å². The van der Waals surface area contributed by atoms with Gasteiger partial charge in [0.2, 0.25) is 0 Å². The van der Waals surface area contributed by atoms with Gasteiger partial charge in [0.05, 0.1) is 5.56 Å². The van der Waals surface area contributed by atoms with Gasteiger partial charge in [-0.25, -0.2) is 4.79 Å². The number of benzene rings is 1.